The number of aliphatic hydroxyl groups excluding tert-OH is 1. The molecule has 3 heteroatoms. The van der Waals surface area contributed by atoms with Crippen LogP contribution in [0.15, 0.2) is 72.6 Å². The Hall–Kier alpha value is -3.20. The first kappa shape index (κ1) is 26.9. The Morgan fingerprint density at radius 2 is 0.892 bits per heavy atom. The molecule has 0 spiro atoms. The Morgan fingerprint density at radius 3 is 1.22 bits per heavy atom. The molecule has 0 atom stereocenters. The fraction of sp³-hybridized carbons (Fsp3) is 0.412. The number of aliphatic hydroxyl groups is 1. The topological polar surface area (TPSA) is 26.7 Å². The Labute approximate surface area is 224 Å². The van der Waals surface area contributed by atoms with Gasteiger partial charge in [0, 0.05) is 30.0 Å². The minimum absolute atomic E-state index is 0.333. The van der Waals surface area contributed by atoms with Gasteiger partial charge in [0.15, 0.2) is 11.6 Å². The monoisotopic (exact) mass is 496 g/mol. The molecule has 0 aliphatic carbocycles. The molecule has 1 N–H and O–H groups in total. The summed E-state index contributed by atoms with van der Waals surface area (Å²) in [6.45, 7) is 19.8. The molecular weight excluding hydrogens is 452 g/mol. The normalized spacial score (nSPS) is 14.1. The minimum atomic E-state index is 0.333. The van der Waals surface area contributed by atoms with E-state index in [1.54, 1.807) is 0 Å². The van der Waals surface area contributed by atoms with Crippen molar-refractivity contribution in [3.63, 3.8) is 0 Å². The molecule has 4 rings (SSSR count). The molecule has 0 bridgehead atoms. The van der Waals surface area contributed by atoms with Gasteiger partial charge in [-0.25, -0.2) is 0 Å². The number of hydrogen-bond donors (Lipinski definition) is 1. The van der Waals surface area contributed by atoms with Crippen LogP contribution in [0.2, 0.25) is 0 Å². The molecule has 0 unspecified atom stereocenters. The molecule has 1 aliphatic heterocycles. The lowest BCUT2D eigenvalue weighted by Gasteiger charge is -2.33. The molecular formula is C34H44N2O. The SMILES string of the molecule is CC(C)c1cccc(C(C)C)c1N1CCN(c2c(C(C)C)cccc2C(C)C)C1=C(O)c1ccccc1. The van der Waals surface area contributed by atoms with Crippen molar-refractivity contribution in [1.82, 2.24) is 0 Å². The number of para-hydroxylation sites is 2. The van der Waals surface area contributed by atoms with E-state index in [-0.39, 0.29) is 0 Å². The van der Waals surface area contributed by atoms with Crippen LogP contribution in [-0.4, -0.2) is 18.2 Å². The fourth-order valence-corrected chi connectivity index (χ4v) is 5.62. The van der Waals surface area contributed by atoms with E-state index >= 15 is 0 Å². The van der Waals surface area contributed by atoms with Crippen LogP contribution < -0.4 is 9.80 Å². The number of nitrogens with zero attached hydrogens (tertiary/aromatic N) is 2. The average Bonchev–Trinajstić information content (AvgIpc) is 3.32. The molecule has 3 nitrogen and oxygen atoms in total. The first-order chi connectivity index (χ1) is 17.6. The summed E-state index contributed by atoms with van der Waals surface area (Å²) in [5.41, 5.74) is 8.65. The lowest BCUT2D eigenvalue weighted by atomic mass is 9.91. The third kappa shape index (κ3) is 5.14. The highest BCUT2D eigenvalue weighted by Crippen LogP contribution is 2.45. The average molecular weight is 497 g/mol. The van der Waals surface area contributed by atoms with Crippen molar-refractivity contribution in [1.29, 1.82) is 0 Å². The quantitative estimate of drug-likeness (QED) is 0.330. The van der Waals surface area contributed by atoms with Crippen LogP contribution in [0, 0.1) is 0 Å². The van der Waals surface area contributed by atoms with Gasteiger partial charge in [-0.3, -0.25) is 0 Å². The van der Waals surface area contributed by atoms with Crippen molar-refractivity contribution in [2.24, 2.45) is 0 Å². The molecule has 37 heavy (non-hydrogen) atoms. The lowest BCUT2D eigenvalue weighted by Crippen LogP contribution is -2.28. The van der Waals surface area contributed by atoms with Crippen molar-refractivity contribution in [3.05, 3.63) is 100 Å². The van der Waals surface area contributed by atoms with Crippen LogP contribution >= 0.6 is 0 Å². The summed E-state index contributed by atoms with van der Waals surface area (Å²) in [5.74, 6) is 2.71. The molecule has 0 aromatic heterocycles. The maximum atomic E-state index is 12.0. The smallest absolute Gasteiger partial charge is 0.164 e. The molecule has 1 aliphatic rings. The van der Waals surface area contributed by atoms with Gasteiger partial charge in [-0.05, 0) is 45.9 Å². The zero-order valence-electron chi connectivity index (χ0n) is 23.9. The summed E-state index contributed by atoms with van der Waals surface area (Å²) < 4.78 is 0. The van der Waals surface area contributed by atoms with Crippen LogP contribution in [0.4, 0.5) is 11.4 Å². The van der Waals surface area contributed by atoms with Gasteiger partial charge in [0.05, 0.1) is 0 Å². The Kier molecular flexibility index (Phi) is 8.02. The van der Waals surface area contributed by atoms with Crippen LogP contribution in [-0.2, 0) is 0 Å². The van der Waals surface area contributed by atoms with Crippen LogP contribution in [0.3, 0.4) is 0 Å². The van der Waals surface area contributed by atoms with Crippen molar-refractivity contribution < 1.29 is 5.11 Å². The second kappa shape index (κ2) is 11.0. The second-order valence-corrected chi connectivity index (χ2v) is 11.5. The maximum absolute atomic E-state index is 12.0. The molecule has 0 amide bonds. The number of benzene rings is 3. The first-order valence-electron chi connectivity index (χ1n) is 13.9. The summed E-state index contributed by atoms with van der Waals surface area (Å²) in [5, 5.41) is 12.0. The van der Waals surface area contributed by atoms with E-state index in [0.717, 1.165) is 24.5 Å². The molecule has 0 radical (unpaired) electrons. The van der Waals surface area contributed by atoms with E-state index in [4.69, 9.17) is 0 Å². The third-order valence-corrected chi connectivity index (χ3v) is 7.54. The predicted octanol–water partition coefficient (Wildman–Crippen LogP) is 9.39. The van der Waals surface area contributed by atoms with E-state index in [9.17, 15) is 5.11 Å². The van der Waals surface area contributed by atoms with Crippen LogP contribution in [0.25, 0.3) is 5.76 Å². The molecule has 3 aromatic carbocycles. The van der Waals surface area contributed by atoms with Gasteiger partial charge >= 0.3 is 0 Å². The van der Waals surface area contributed by atoms with Gasteiger partial charge in [-0.1, -0.05) is 122 Å². The summed E-state index contributed by atoms with van der Waals surface area (Å²) in [6.07, 6.45) is 0. The molecule has 196 valence electrons. The van der Waals surface area contributed by atoms with Gasteiger partial charge in [-0.15, -0.1) is 0 Å². The summed E-state index contributed by atoms with van der Waals surface area (Å²) >= 11 is 0. The second-order valence-electron chi connectivity index (χ2n) is 11.5. The lowest BCUT2D eigenvalue weighted by molar-refractivity contribution is 0.504. The van der Waals surface area contributed by atoms with Gasteiger partial charge in [0.1, 0.15) is 0 Å². The number of hydrogen-bond acceptors (Lipinski definition) is 3. The highest BCUT2D eigenvalue weighted by atomic mass is 16.3. The predicted molar refractivity (Wildman–Crippen MR) is 160 cm³/mol. The Morgan fingerprint density at radius 1 is 0.541 bits per heavy atom. The highest BCUT2D eigenvalue weighted by Gasteiger charge is 2.36. The Bertz CT molecular complexity index is 1130. The summed E-state index contributed by atoms with van der Waals surface area (Å²) in [4.78, 5) is 4.79. The minimum Gasteiger partial charge on any atom is -0.504 e. The molecule has 1 saturated heterocycles. The van der Waals surface area contributed by atoms with E-state index in [1.807, 2.05) is 30.3 Å². The zero-order valence-corrected chi connectivity index (χ0v) is 23.9. The van der Waals surface area contributed by atoms with Crippen molar-refractivity contribution in [3.8, 4) is 0 Å². The molecule has 0 saturated carbocycles. The Balaban J connectivity index is 2.04. The van der Waals surface area contributed by atoms with Gasteiger partial charge in [0.2, 0.25) is 0 Å². The number of rotatable bonds is 7. The molecule has 3 aromatic rings. The van der Waals surface area contributed by atoms with Crippen molar-refractivity contribution in [2.75, 3.05) is 22.9 Å². The highest BCUT2D eigenvalue weighted by molar-refractivity contribution is 5.80. The van der Waals surface area contributed by atoms with Gasteiger partial charge in [0.25, 0.3) is 0 Å². The summed E-state index contributed by atoms with van der Waals surface area (Å²) in [6, 6.07) is 23.4. The largest absolute Gasteiger partial charge is 0.504 e. The van der Waals surface area contributed by atoms with Gasteiger partial charge < -0.3 is 14.9 Å². The van der Waals surface area contributed by atoms with Crippen LogP contribution in [0.5, 0.6) is 0 Å². The molecule has 1 fully saturated rings. The van der Waals surface area contributed by atoms with Gasteiger partial charge in [-0.2, -0.15) is 0 Å². The van der Waals surface area contributed by atoms with Crippen LogP contribution in [0.1, 0.15) is 107 Å². The zero-order chi connectivity index (χ0) is 26.9. The van der Waals surface area contributed by atoms with E-state index in [0.29, 0.717) is 29.4 Å². The number of anilines is 2. The third-order valence-electron chi connectivity index (χ3n) is 7.54. The maximum Gasteiger partial charge on any atom is 0.164 e. The standard InChI is InChI=1S/C34H44N2O/c1-22(2)27-16-12-17-28(23(3)4)31(27)35-20-21-36(34(35)33(37)26-14-10-9-11-15-26)32-29(24(5)6)18-13-19-30(32)25(7)8/h9-19,22-25,37H,20-21H2,1-8H3. The van der Waals surface area contributed by atoms with E-state index in [1.165, 1.54) is 33.6 Å². The molecule has 1 heterocycles. The van der Waals surface area contributed by atoms with E-state index in [2.05, 4.69) is 102 Å². The fourth-order valence-electron chi connectivity index (χ4n) is 5.62. The first-order valence-corrected chi connectivity index (χ1v) is 13.9. The van der Waals surface area contributed by atoms with Crippen molar-refractivity contribution >= 4 is 17.1 Å². The van der Waals surface area contributed by atoms with Crippen molar-refractivity contribution in [2.45, 2.75) is 79.1 Å². The summed E-state index contributed by atoms with van der Waals surface area (Å²) in [7, 11) is 0. The van der Waals surface area contributed by atoms with E-state index < -0.39 is 0 Å².